The van der Waals surface area contributed by atoms with Gasteiger partial charge in [-0.1, -0.05) is 41.5 Å². The summed E-state index contributed by atoms with van der Waals surface area (Å²) in [4.78, 5) is 26.5. The van der Waals surface area contributed by atoms with Crippen LogP contribution in [-0.2, 0) is 9.59 Å². The number of nitrogens with zero attached hydrogens (tertiary/aromatic N) is 1. The second kappa shape index (κ2) is 9.19. The van der Waals surface area contributed by atoms with Crippen LogP contribution >= 0.6 is 0 Å². The van der Waals surface area contributed by atoms with Crippen molar-refractivity contribution >= 4 is 17.5 Å². The molecule has 5 nitrogen and oxygen atoms in total. The summed E-state index contributed by atoms with van der Waals surface area (Å²) in [6.45, 7) is 14.2. The lowest BCUT2D eigenvalue weighted by Crippen LogP contribution is -2.34. The second-order valence-electron chi connectivity index (χ2n) is 10.6. The van der Waals surface area contributed by atoms with E-state index in [1.54, 1.807) is 24.3 Å². The third kappa shape index (κ3) is 7.37. The Hall–Kier alpha value is -2.04. The summed E-state index contributed by atoms with van der Waals surface area (Å²) in [7, 11) is 0. The SMILES string of the molecule is CC(CC1CC(=O)N(CCOc2ccc(N)cc2)C1=O)CC(C)(C)CC(C)(C)C. The highest BCUT2D eigenvalue weighted by molar-refractivity contribution is 6.03. The van der Waals surface area contributed by atoms with Crippen molar-refractivity contribution in [3.05, 3.63) is 24.3 Å². The van der Waals surface area contributed by atoms with Gasteiger partial charge in [-0.15, -0.1) is 0 Å². The quantitative estimate of drug-likeness (QED) is 0.471. The monoisotopic (exact) mass is 402 g/mol. The molecule has 29 heavy (non-hydrogen) atoms. The summed E-state index contributed by atoms with van der Waals surface area (Å²) in [5, 5.41) is 0. The number of carbonyl (C=O) groups excluding carboxylic acids is 2. The summed E-state index contributed by atoms with van der Waals surface area (Å²) >= 11 is 0. The molecule has 5 heteroatoms. The van der Waals surface area contributed by atoms with Crippen molar-refractivity contribution in [2.75, 3.05) is 18.9 Å². The lowest BCUT2D eigenvalue weighted by atomic mass is 9.71. The molecule has 0 aliphatic carbocycles. The predicted octanol–water partition coefficient (Wildman–Crippen LogP) is 4.90. The Morgan fingerprint density at radius 1 is 1.14 bits per heavy atom. The second-order valence-corrected chi connectivity index (χ2v) is 10.6. The van der Waals surface area contributed by atoms with E-state index in [-0.39, 0.29) is 28.6 Å². The van der Waals surface area contributed by atoms with E-state index in [1.165, 1.54) is 4.90 Å². The minimum absolute atomic E-state index is 0.0450. The Morgan fingerprint density at radius 3 is 2.34 bits per heavy atom. The Labute approximate surface area is 176 Å². The van der Waals surface area contributed by atoms with Gasteiger partial charge in [-0.3, -0.25) is 14.5 Å². The minimum atomic E-state index is -0.195. The molecule has 0 aromatic heterocycles. The Balaban J connectivity index is 1.83. The fourth-order valence-corrected chi connectivity index (χ4v) is 5.01. The number of anilines is 1. The third-order valence-corrected chi connectivity index (χ3v) is 5.40. The summed E-state index contributed by atoms with van der Waals surface area (Å²) in [6, 6.07) is 7.10. The number of benzene rings is 1. The molecule has 1 fully saturated rings. The molecule has 1 aliphatic heterocycles. The molecule has 1 heterocycles. The summed E-state index contributed by atoms with van der Waals surface area (Å²) in [6.07, 6.45) is 3.29. The molecule has 0 bridgehead atoms. The summed E-state index contributed by atoms with van der Waals surface area (Å²) in [5.74, 6) is 0.766. The van der Waals surface area contributed by atoms with Gasteiger partial charge in [0.25, 0.3) is 0 Å². The van der Waals surface area contributed by atoms with Crippen LogP contribution in [0.4, 0.5) is 5.69 Å². The van der Waals surface area contributed by atoms with Crippen molar-refractivity contribution in [1.29, 1.82) is 0 Å². The average Bonchev–Trinajstić information content (AvgIpc) is 2.81. The van der Waals surface area contributed by atoms with Gasteiger partial charge in [-0.25, -0.2) is 0 Å². The van der Waals surface area contributed by atoms with E-state index in [9.17, 15) is 9.59 Å². The largest absolute Gasteiger partial charge is 0.492 e. The van der Waals surface area contributed by atoms with E-state index < -0.39 is 0 Å². The molecule has 1 aliphatic rings. The number of likely N-dealkylation sites (tertiary alicyclic amines) is 1. The lowest BCUT2D eigenvalue weighted by Gasteiger charge is -2.35. The van der Waals surface area contributed by atoms with Crippen LogP contribution in [-0.4, -0.2) is 29.9 Å². The fourth-order valence-electron chi connectivity index (χ4n) is 5.01. The van der Waals surface area contributed by atoms with E-state index in [1.807, 2.05) is 0 Å². The van der Waals surface area contributed by atoms with E-state index in [2.05, 4.69) is 41.5 Å². The van der Waals surface area contributed by atoms with Crippen molar-refractivity contribution in [2.24, 2.45) is 22.7 Å². The molecule has 1 aromatic rings. The molecule has 2 rings (SSSR count). The topological polar surface area (TPSA) is 72.6 Å². The van der Waals surface area contributed by atoms with Gasteiger partial charge >= 0.3 is 0 Å². The van der Waals surface area contributed by atoms with Gasteiger partial charge in [0.2, 0.25) is 11.8 Å². The first-order chi connectivity index (χ1) is 13.4. The Kier molecular flexibility index (Phi) is 7.36. The molecule has 162 valence electrons. The first-order valence-electron chi connectivity index (χ1n) is 10.7. The van der Waals surface area contributed by atoms with Crippen molar-refractivity contribution < 1.29 is 14.3 Å². The van der Waals surface area contributed by atoms with E-state index in [0.29, 0.717) is 36.9 Å². The number of amides is 2. The van der Waals surface area contributed by atoms with Crippen LogP contribution < -0.4 is 10.5 Å². The zero-order valence-electron chi connectivity index (χ0n) is 19.0. The van der Waals surface area contributed by atoms with Gasteiger partial charge < -0.3 is 10.5 Å². The highest BCUT2D eigenvalue weighted by Crippen LogP contribution is 2.40. The standard InChI is InChI=1S/C24H38N2O3/c1-17(15-24(5,6)16-23(2,3)4)13-18-14-21(27)26(22(18)28)11-12-29-20-9-7-19(25)8-10-20/h7-10,17-18H,11-16,25H2,1-6H3. The molecule has 2 N–H and O–H groups in total. The summed E-state index contributed by atoms with van der Waals surface area (Å²) < 4.78 is 5.65. The number of hydrogen-bond acceptors (Lipinski definition) is 4. The van der Waals surface area contributed by atoms with E-state index >= 15 is 0 Å². The maximum absolute atomic E-state index is 12.8. The third-order valence-electron chi connectivity index (χ3n) is 5.40. The maximum atomic E-state index is 12.8. The van der Waals surface area contributed by atoms with Gasteiger partial charge in [-0.05, 0) is 60.3 Å². The van der Waals surface area contributed by atoms with Crippen molar-refractivity contribution in [3.8, 4) is 5.75 Å². The zero-order chi connectivity index (χ0) is 21.8. The highest BCUT2D eigenvalue weighted by atomic mass is 16.5. The molecular weight excluding hydrogens is 364 g/mol. The normalized spacial score (nSPS) is 19.0. The number of nitrogens with two attached hydrogens (primary N) is 1. The molecule has 1 aromatic carbocycles. The number of carbonyl (C=O) groups is 2. The van der Waals surface area contributed by atoms with Gasteiger partial charge in [0.05, 0.1) is 6.54 Å². The molecule has 2 unspecified atom stereocenters. The molecule has 0 spiro atoms. The van der Waals surface area contributed by atoms with Gasteiger partial charge in [0.15, 0.2) is 0 Å². The van der Waals surface area contributed by atoms with Crippen LogP contribution in [0.5, 0.6) is 5.75 Å². The number of ether oxygens (including phenoxy) is 1. The Morgan fingerprint density at radius 2 is 1.76 bits per heavy atom. The van der Waals surface area contributed by atoms with E-state index in [4.69, 9.17) is 10.5 Å². The van der Waals surface area contributed by atoms with Gasteiger partial charge in [0.1, 0.15) is 12.4 Å². The van der Waals surface area contributed by atoms with Crippen LogP contribution in [0.15, 0.2) is 24.3 Å². The van der Waals surface area contributed by atoms with Crippen molar-refractivity contribution in [3.63, 3.8) is 0 Å². The van der Waals surface area contributed by atoms with Crippen molar-refractivity contribution in [1.82, 2.24) is 4.90 Å². The molecule has 2 atom stereocenters. The molecular formula is C24H38N2O3. The van der Waals surface area contributed by atoms with Gasteiger partial charge in [0, 0.05) is 18.0 Å². The highest BCUT2D eigenvalue weighted by Gasteiger charge is 2.39. The Bertz CT molecular complexity index is 704. The van der Waals surface area contributed by atoms with E-state index in [0.717, 1.165) is 19.3 Å². The number of hydrogen-bond donors (Lipinski definition) is 1. The van der Waals surface area contributed by atoms with Gasteiger partial charge in [-0.2, -0.15) is 0 Å². The van der Waals surface area contributed by atoms with Crippen molar-refractivity contribution in [2.45, 2.75) is 67.2 Å². The lowest BCUT2D eigenvalue weighted by molar-refractivity contribution is -0.139. The van der Waals surface area contributed by atoms with Crippen LogP contribution in [0.2, 0.25) is 0 Å². The number of imide groups is 1. The molecule has 0 radical (unpaired) electrons. The predicted molar refractivity (Wildman–Crippen MR) is 117 cm³/mol. The van der Waals surface area contributed by atoms with Crippen LogP contribution in [0, 0.1) is 22.7 Å². The first-order valence-corrected chi connectivity index (χ1v) is 10.7. The smallest absolute Gasteiger partial charge is 0.232 e. The summed E-state index contributed by atoms with van der Waals surface area (Å²) in [5.41, 5.74) is 6.83. The maximum Gasteiger partial charge on any atom is 0.232 e. The fraction of sp³-hybridized carbons (Fsp3) is 0.667. The number of nitrogen functional groups attached to an aromatic ring is 1. The van der Waals surface area contributed by atoms with Crippen LogP contribution in [0.25, 0.3) is 0 Å². The minimum Gasteiger partial charge on any atom is -0.492 e. The number of rotatable bonds is 9. The van der Waals surface area contributed by atoms with Crippen LogP contribution in [0.1, 0.15) is 67.2 Å². The molecule has 1 saturated heterocycles. The molecule has 0 saturated carbocycles. The average molecular weight is 403 g/mol. The zero-order valence-corrected chi connectivity index (χ0v) is 19.0. The van der Waals surface area contributed by atoms with Crippen LogP contribution in [0.3, 0.4) is 0 Å². The molecule has 2 amide bonds. The first kappa shape index (κ1) is 23.2.